The fourth-order valence-electron chi connectivity index (χ4n) is 10.6. The fraction of sp³-hybridized carbons (Fsp3) is 0. The van der Waals surface area contributed by atoms with Crippen molar-refractivity contribution in [3.63, 3.8) is 0 Å². The number of hydrogen-bond donors (Lipinski definition) is 0. The average molecular weight is 1050 g/mol. The molecule has 82 heavy (non-hydrogen) atoms. The molecule has 0 saturated carbocycles. The van der Waals surface area contributed by atoms with Gasteiger partial charge in [0.2, 0.25) is 5.95 Å². The second-order valence-electron chi connectivity index (χ2n) is 19.6. The van der Waals surface area contributed by atoms with Gasteiger partial charge in [-0.3, -0.25) is 4.90 Å². The number of rotatable bonds is 11. The van der Waals surface area contributed by atoms with Crippen LogP contribution in [0.15, 0.2) is 279 Å². The summed E-state index contributed by atoms with van der Waals surface area (Å²) < 4.78 is 0. The van der Waals surface area contributed by atoms with Crippen LogP contribution in [0.1, 0.15) is 0 Å². The van der Waals surface area contributed by atoms with Gasteiger partial charge in [-0.2, -0.15) is 9.97 Å². The first kappa shape index (κ1) is 48.8. The third-order valence-corrected chi connectivity index (χ3v) is 14.5. The summed E-state index contributed by atoms with van der Waals surface area (Å²) in [4.78, 5) is 45.9. The van der Waals surface area contributed by atoms with Crippen LogP contribution in [-0.2, 0) is 0 Å². The molecule has 4 heterocycles. The lowest BCUT2D eigenvalue weighted by Crippen LogP contribution is -2.26. The van der Waals surface area contributed by atoms with E-state index in [2.05, 4.69) is 124 Å². The van der Waals surface area contributed by atoms with Gasteiger partial charge in [-0.15, -0.1) is 0 Å². The van der Waals surface area contributed by atoms with Gasteiger partial charge in [0.05, 0.1) is 57.8 Å². The first-order valence-electron chi connectivity index (χ1n) is 26.9. The minimum absolute atomic E-state index is 0.453. The highest BCUT2D eigenvalue weighted by atomic mass is 15.3. The van der Waals surface area contributed by atoms with E-state index in [1.54, 1.807) is 0 Å². The zero-order chi connectivity index (χ0) is 54.8. The minimum atomic E-state index is 0.453. The third-order valence-electron chi connectivity index (χ3n) is 14.5. The van der Waals surface area contributed by atoms with E-state index in [4.69, 9.17) is 41.5 Å². The van der Waals surface area contributed by atoms with Crippen LogP contribution in [-0.4, -0.2) is 34.9 Å². The van der Waals surface area contributed by atoms with Crippen molar-refractivity contribution in [2.24, 2.45) is 0 Å². The molecular weight excluding hydrogens is 1000 g/mol. The van der Waals surface area contributed by atoms with Crippen molar-refractivity contribution in [1.29, 1.82) is 0 Å². The predicted octanol–water partition coefficient (Wildman–Crippen LogP) is 18.3. The van der Waals surface area contributed by atoms with Crippen LogP contribution in [0.2, 0.25) is 0 Å². The second-order valence-corrected chi connectivity index (χ2v) is 19.6. The molecule has 0 aliphatic carbocycles. The summed E-state index contributed by atoms with van der Waals surface area (Å²) in [5.41, 5.74) is 16.3. The molecule has 1 aliphatic heterocycles. The number of para-hydroxylation sites is 4. The van der Waals surface area contributed by atoms with Crippen molar-refractivity contribution in [2.45, 2.75) is 0 Å². The van der Waals surface area contributed by atoms with Gasteiger partial charge >= 0.3 is 0 Å². The molecule has 0 unspecified atom stereocenters. The first-order valence-corrected chi connectivity index (χ1v) is 26.9. The predicted molar refractivity (Wildman–Crippen MR) is 329 cm³/mol. The smallest absolute Gasteiger partial charge is 0.238 e. The number of hydrogen-bond acceptors (Lipinski definition) is 9. The molecule has 10 nitrogen and oxygen atoms in total. The van der Waals surface area contributed by atoms with E-state index in [0.29, 0.717) is 40.5 Å². The Balaban J connectivity index is 1.08. The lowest BCUT2D eigenvalue weighted by Gasteiger charge is -2.40. The Morgan fingerprint density at radius 2 is 0.585 bits per heavy atom. The van der Waals surface area contributed by atoms with E-state index in [1.807, 2.05) is 170 Å². The van der Waals surface area contributed by atoms with Crippen LogP contribution >= 0.6 is 0 Å². The molecule has 14 rings (SSSR count). The van der Waals surface area contributed by atoms with Gasteiger partial charge < -0.3 is 4.90 Å². The van der Waals surface area contributed by atoms with Crippen LogP contribution in [0.4, 0.5) is 40.1 Å². The zero-order valence-electron chi connectivity index (χ0n) is 44.0. The van der Waals surface area contributed by atoms with Crippen molar-refractivity contribution in [3.8, 4) is 102 Å². The van der Waals surface area contributed by atoms with Gasteiger partial charge in [-0.25, -0.2) is 29.8 Å². The molecule has 0 fully saturated rings. The SMILES string of the molecule is [C-]#[N+]c1ccc(-c2cc(-c3nc(-c4ccccc4)cc(-c4ccccc4)n3)cc(-c3nc(-c4ccccc4)cc(-c4ccccc4)n3)c2N2c3ccccc3N(c3nc(-c4ccccc4)nc(-c4ccccc4)n3)c3ccccc32)cc1. The highest BCUT2D eigenvalue weighted by Gasteiger charge is 2.36. The molecule has 0 atom stereocenters. The topological polar surface area (TPSA) is 101 Å². The van der Waals surface area contributed by atoms with Gasteiger partial charge in [-0.1, -0.05) is 231 Å². The van der Waals surface area contributed by atoms with Crippen molar-refractivity contribution in [1.82, 2.24) is 34.9 Å². The van der Waals surface area contributed by atoms with Gasteiger partial charge in [0, 0.05) is 50.1 Å². The number of nitrogens with zero attached hydrogens (tertiary/aromatic N) is 10. The van der Waals surface area contributed by atoms with E-state index in [0.717, 1.165) is 101 Å². The van der Waals surface area contributed by atoms with Crippen molar-refractivity contribution in [2.75, 3.05) is 9.80 Å². The largest absolute Gasteiger partial charge is 0.305 e. The van der Waals surface area contributed by atoms with E-state index in [9.17, 15) is 0 Å². The maximum Gasteiger partial charge on any atom is 0.238 e. The summed E-state index contributed by atoms with van der Waals surface area (Å²) in [7, 11) is 0. The summed E-state index contributed by atoms with van der Waals surface area (Å²) in [6.07, 6.45) is 0. The molecule has 384 valence electrons. The molecule has 10 aromatic carbocycles. The fourth-order valence-corrected chi connectivity index (χ4v) is 10.6. The quantitative estimate of drug-likeness (QED) is 0.117. The summed E-state index contributed by atoms with van der Waals surface area (Å²) >= 11 is 0. The minimum Gasteiger partial charge on any atom is -0.305 e. The van der Waals surface area contributed by atoms with Crippen LogP contribution in [0.25, 0.3) is 107 Å². The summed E-state index contributed by atoms with van der Waals surface area (Å²) in [5, 5.41) is 0. The van der Waals surface area contributed by atoms with Crippen LogP contribution < -0.4 is 9.80 Å². The van der Waals surface area contributed by atoms with Gasteiger partial charge in [0.25, 0.3) is 0 Å². The van der Waals surface area contributed by atoms with Crippen LogP contribution in [0.3, 0.4) is 0 Å². The molecule has 0 bridgehead atoms. The summed E-state index contributed by atoms with van der Waals surface area (Å²) in [6.45, 7) is 8.02. The highest BCUT2D eigenvalue weighted by molar-refractivity contribution is 6.07. The van der Waals surface area contributed by atoms with Crippen molar-refractivity contribution >= 4 is 40.1 Å². The Morgan fingerprint density at radius 1 is 0.256 bits per heavy atom. The summed E-state index contributed by atoms with van der Waals surface area (Å²) in [5.74, 6) is 2.53. The van der Waals surface area contributed by atoms with E-state index < -0.39 is 0 Å². The average Bonchev–Trinajstić information content (AvgIpc) is 3.64. The zero-order valence-corrected chi connectivity index (χ0v) is 44.0. The summed E-state index contributed by atoms with van der Waals surface area (Å²) in [6, 6.07) is 93.8. The Morgan fingerprint density at radius 3 is 0.976 bits per heavy atom. The van der Waals surface area contributed by atoms with Crippen molar-refractivity contribution in [3.05, 3.63) is 290 Å². The van der Waals surface area contributed by atoms with Crippen LogP contribution in [0, 0.1) is 6.57 Å². The maximum atomic E-state index is 8.02. The van der Waals surface area contributed by atoms with Crippen molar-refractivity contribution < 1.29 is 0 Å². The molecule has 0 amide bonds. The highest BCUT2D eigenvalue weighted by Crippen LogP contribution is 2.57. The number of fused-ring (bicyclic) bond motifs is 2. The second kappa shape index (κ2) is 21.4. The molecule has 0 radical (unpaired) electrons. The molecule has 0 N–H and O–H groups in total. The van der Waals surface area contributed by atoms with E-state index in [1.165, 1.54) is 0 Å². The Labute approximate surface area is 474 Å². The standard InChI is InChI=1S/C72H46N10/c1-73-56-42-40-48(41-43-56)57-44-55(70-74-59(49-24-8-2-9-25-49)46-60(75-70)50-26-10-3-11-27-50)45-58(71-76-61(51-28-12-4-13-29-51)47-62(77-71)52-30-14-5-15-31-52)67(57)81-63-36-20-22-38-65(63)82(66-39-23-21-37-64(66)81)72-79-68(53-32-16-6-17-33-53)78-69(80-72)54-34-18-7-19-35-54/h2-47H. The number of benzene rings is 10. The van der Waals surface area contributed by atoms with E-state index >= 15 is 0 Å². The number of anilines is 6. The molecule has 10 heteroatoms. The normalized spacial score (nSPS) is 11.6. The molecule has 13 aromatic rings. The lowest BCUT2D eigenvalue weighted by molar-refractivity contribution is 1.01. The number of aromatic nitrogens is 7. The third kappa shape index (κ3) is 9.36. The molecule has 0 saturated heterocycles. The molecule has 0 spiro atoms. The van der Waals surface area contributed by atoms with Gasteiger partial charge in [0.1, 0.15) is 0 Å². The Hall–Kier alpha value is -11.5. The first-order chi connectivity index (χ1) is 40.6. The Bertz CT molecular complexity index is 4280. The van der Waals surface area contributed by atoms with Gasteiger partial charge in [0.15, 0.2) is 29.0 Å². The van der Waals surface area contributed by atoms with Gasteiger partial charge in [-0.05, 0) is 54.1 Å². The molecule has 3 aromatic heterocycles. The monoisotopic (exact) mass is 1050 g/mol. The Kier molecular flexibility index (Phi) is 12.7. The lowest BCUT2D eigenvalue weighted by atomic mass is 9.92. The van der Waals surface area contributed by atoms with E-state index in [-0.39, 0.29) is 0 Å². The molecule has 1 aliphatic rings. The van der Waals surface area contributed by atoms with Crippen LogP contribution in [0.5, 0.6) is 0 Å². The molecular formula is C72H46N10. The maximum absolute atomic E-state index is 8.02.